The Bertz CT molecular complexity index is 1280. The van der Waals surface area contributed by atoms with Crippen LogP contribution in [-0.4, -0.2) is 39.8 Å². The Hall–Kier alpha value is -4.10. The van der Waals surface area contributed by atoms with Crippen molar-refractivity contribution in [1.29, 1.82) is 0 Å². The van der Waals surface area contributed by atoms with Gasteiger partial charge in [-0.05, 0) is 30.2 Å². The molecule has 2 aromatic carbocycles. The summed E-state index contributed by atoms with van der Waals surface area (Å²) in [5, 5.41) is 12.9. The van der Waals surface area contributed by atoms with Crippen molar-refractivity contribution in [3.8, 4) is 0 Å². The maximum absolute atomic E-state index is 13.0. The number of aliphatic carboxylic acids is 1. The Balaban J connectivity index is 0.000000604. The molecule has 1 aromatic heterocycles. The van der Waals surface area contributed by atoms with Gasteiger partial charge in [0, 0.05) is 19.0 Å². The maximum Gasteiger partial charge on any atom is 0.490 e. The number of nitrogens with two attached hydrogens (primary N) is 1. The number of benzene rings is 2. The molecule has 0 spiro atoms. The van der Waals surface area contributed by atoms with Gasteiger partial charge in [0.15, 0.2) is 10.9 Å². The number of ketones is 1. The maximum atomic E-state index is 13.0. The molecule has 3 rings (SSSR count). The molecule has 37 heavy (non-hydrogen) atoms. The number of halogens is 3. The summed E-state index contributed by atoms with van der Waals surface area (Å²) < 4.78 is 31.7. The van der Waals surface area contributed by atoms with Gasteiger partial charge in [0.25, 0.3) is 11.8 Å². The molecule has 0 radical (unpaired) electrons. The van der Waals surface area contributed by atoms with Gasteiger partial charge in [-0.1, -0.05) is 53.8 Å². The topological polar surface area (TPSA) is 151 Å². The molecule has 0 aliphatic rings. The Morgan fingerprint density at radius 2 is 1.70 bits per heavy atom. The van der Waals surface area contributed by atoms with E-state index in [1.54, 1.807) is 49.4 Å². The zero-order valence-corrected chi connectivity index (χ0v) is 20.4. The van der Waals surface area contributed by atoms with Crippen molar-refractivity contribution in [3.63, 3.8) is 0 Å². The van der Waals surface area contributed by atoms with E-state index in [0.29, 0.717) is 33.4 Å². The number of hydrogen-bond acceptors (Lipinski definition) is 7. The lowest BCUT2D eigenvalue weighted by Gasteiger charge is -2.18. The molecule has 0 aliphatic carbocycles. The van der Waals surface area contributed by atoms with E-state index in [0.717, 1.165) is 16.9 Å². The summed E-state index contributed by atoms with van der Waals surface area (Å²) in [6.07, 6.45) is -5.08. The van der Waals surface area contributed by atoms with Crippen molar-refractivity contribution in [2.24, 2.45) is 5.73 Å². The highest BCUT2D eigenvalue weighted by Gasteiger charge is 2.38. The van der Waals surface area contributed by atoms with Gasteiger partial charge >= 0.3 is 12.1 Å². The molecule has 0 saturated heterocycles. The minimum atomic E-state index is -5.08. The number of Topliss-reactive ketones (excluding diaryl/α,β-unsaturated/α-hetero) is 1. The average Bonchev–Trinajstić information content (AvgIpc) is 3.22. The molecule has 0 saturated carbocycles. The van der Waals surface area contributed by atoms with Crippen molar-refractivity contribution < 1.29 is 37.5 Å². The Labute approximate surface area is 213 Å². The van der Waals surface area contributed by atoms with Crippen molar-refractivity contribution in [3.05, 3.63) is 81.9 Å². The molecule has 9 nitrogen and oxygen atoms in total. The smallest absolute Gasteiger partial charge is 0.475 e. The summed E-state index contributed by atoms with van der Waals surface area (Å²) in [6.45, 7) is 3.48. The SMILES string of the molecule is CC(=O)c1sc(NC(=O)[C@H](NC(=O)c2cccc(CN)c2)c2ccccc2)nc1C.O=C(O)C(F)(F)F. The van der Waals surface area contributed by atoms with Gasteiger partial charge in [-0.2, -0.15) is 13.2 Å². The molecule has 3 aromatic rings. The first-order valence-electron chi connectivity index (χ1n) is 10.6. The number of carboxylic acid groups (broad SMARTS) is 1. The van der Waals surface area contributed by atoms with Gasteiger partial charge in [-0.25, -0.2) is 9.78 Å². The van der Waals surface area contributed by atoms with Crippen LogP contribution in [0, 0.1) is 6.92 Å². The molecule has 5 N–H and O–H groups in total. The normalized spacial score (nSPS) is 11.5. The van der Waals surface area contributed by atoms with E-state index in [1.807, 2.05) is 12.1 Å². The molecular weight excluding hydrogens is 513 g/mol. The molecule has 2 amide bonds. The second-order valence-electron chi connectivity index (χ2n) is 7.50. The van der Waals surface area contributed by atoms with Gasteiger partial charge < -0.3 is 16.2 Å². The third-order valence-electron chi connectivity index (χ3n) is 4.68. The Morgan fingerprint density at radius 3 is 2.22 bits per heavy atom. The number of hydrogen-bond donors (Lipinski definition) is 4. The van der Waals surface area contributed by atoms with Crippen molar-refractivity contribution in [2.75, 3.05) is 5.32 Å². The molecule has 0 fully saturated rings. The fraction of sp³-hybridized carbons (Fsp3) is 0.208. The fourth-order valence-corrected chi connectivity index (χ4v) is 3.82. The van der Waals surface area contributed by atoms with E-state index in [1.165, 1.54) is 6.92 Å². The van der Waals surface area contributed by atoms with Crippen LogP contribution in [0.25, 0.3) is 0 Å². The summed E-state index contributed by atoms with van der Waals surface area (Å²) in [4.78, 5) is 51.1. The molecule has 196 valence electrons. The Morgan fingerprint density at radius 1 is 1.08 bits per heavy atom. The van der Waals surface area contributed by atoms with Crippen LogP contribution < -0.4 is 16.4 Å². The lowest BCUT2D eigenvalue weighted by atomic mass is 10.0. The van der Waals surface area contributed by atoms with E-state index in [2.05, 4.69) is 15.6 Å². The quantitative estimate of drug-likeness (QED) is 0.335. The van der Waals surface area contributed by atoms with E-state index in [9.17, 15) is 27.6 Å². The lowest BCUT2D eigenvalue weighted by Crippen LogP contribution is -2.37. The molecular formula is C24H23F3N4O5S. The van der Waals surface area contributed by atoms with E-state index >= 15 is 0 Å². The van der Waals surface area contributed by atoms with Gasteiger partial charge in [0.2, 0.25) is 0 Å². The minimum absolute atomic E-state index is 0.113. The van der Waals surface area contributed by atoms with Gasteiger partial charge in [-0.3, -0.25) is 19.7 Å². The number of rotatable bonds is 7. The Kier molecular flexibility index (Phi) is 10.0. The van der Waals surface area contributed by atoms with E-state index < -0.39 is 30.0 Å². The monoisotopic (exact) mass is 536 g/mol. The number of carbonyl (C=O) groups is 4. The zero-order valence-electron chi connectivity index (χ0n) is 19.6. The van der Waals surface area contributed by atoms with Crippen LogP contribution in [0.2, 0.25) is 0 Å². The van der Waals surface area contributed by atoms with Crippen LogP contribution in [0.1, 0.15) is 49.8 Å². The van der Waals surface area contributed by atoms with Crippen LogP contribution in [0.3, 0.4) is 0 Å². The van der Waals surface area contributed by atoms with Gasteiger partial charge in [0.05, 0.1) is 10.6 Å². The summed E-state index contributed by atoms with van der Waals surface area (Å²) in [6, 6.07) is 14.9. The number of alkyl halides is 3. The highest BCUT2D eigenvalue weighted by molar-refractivity contribution is 7.17. The molecule has 1 heterocycles. The summed E-state index contributed by atoms with van der Waals surface area (Å²) in [7, 11) is 0. The zero-order chi connectivity index (χ0) is 27.8. The fourth-order valence-electron chi connectivity index (χ4n) is 2.95. The van der Waals surface area contributed by atoms with Gasteiger partial charge in [0.1, 0.15) is 6.04 Å². The first-order chi connectivity index (χ1) is 17.3. The number of thiazole rings is 1. The third kappa shape index (κ3) is 8.51. The number of aryl methyl sites for hydroxylation is 1. The number of carboxylic acids is 1. The molecule has 1 atom stereocenters. The average molecular weight is 537 g/mol. The van der Waals surface area contributed by atoms with Crippen LogP contribution in [0.4, 0.5) is 18.3 Å². The van der Waals surface area contributed by atoms with E-state index in [4.69, 9.17) is 15.6 Å². The standard InChI is InChI=1S/C22H22N4O3S.C2HF3O2/c1-13-19(14(2)27)30-22(24-13)26-21(29)18(16-8-4-3-5-9-16)25-20(28)17-10-6-7-15(11-17)12-23;3-2(4,5)1(6)7/h3-11,18H,12,23H2,1-2H3,(H,25,28)(H,24,26,29);(H,6,7)/t18-;/m1./s1. The predicted octanol–water partition coefficient (Wildman–Crippen LogP) is 3.86. The molecule has 13 heteroatoms. The number of amides is 2. The summed E-state index contributed by atoms with van der Waals surface area (Å²) in [5.41, 5.74) is 8.07. The first-order valence-corrected chi connectivity index (χ1v) is 11.4. The molecule has 0 bridgehead atoms. The van der Waals surface area contributed by atoms with Crippen LogP contribution in [0.5, 0.6) is 0 Å². The number of anilines is 1. The minimum Gasteiger partial charge on any atom is -0.475 e. The molecule has 0 aliphatic heterocycles. The predicted molar refractivity (Wildman–Crippen MR) is 130 cm³/mol. The van der Waals surface area contributed by atoms with Crippen molar-refractivity contribution in [2.45, 2.75) is 32.6 Å². The lowest BCUT2D eigenvalue weighted by molar-refractivity contribution is -0.192. The third-order valence-corrected chi connectivity index (χ3v) is 5.86. The molecule has 0 unspecified atom stereocenters. The largest absolute Gasteiger partial charge is 0.490 e. The summed E-state index contributed by atoms with van der Waals surface area (Å²) >= 11 is 1.11. The highest BCUT2D eigenvalue weighted by Crippen LogP contribution is 2.25. The first kappa shape index (κ1) is 29.1. The van der Waals surface area contributed by atoms with Crippen LogP contribution in [-0.2, 0) is 16.1 Å². The summed E-state index contributed by atoms with van der Waals surface area (Å²) in [5.74, 6) is -3.71. The van der Waals surface area contributed by atoms with Crippen molar-refractivity contribution >= 4 is 40.0 Å². The number of nitrogens with one attached hydrogen (secondary N) is 2. The van der Waals surface area contributed by atoms with Crippen LogP contribution in [0.15, 0.2) is 54.6 Å². The second-order valence-corrected chi connectivity index (χ2v) is 8.50. The second kappa shape index (κ2) is 12.7. The van der Waals surface area contributed by atoms with Gasteiger partial charge in [-0.15, -0.1) is 0 Å². The van der Waals surface area contributed by atoms with Crippen molar-refractivity contribution in [1.82, 2.24) is 10.3 Å². The highest BCUT2D eigenvalue weighted by atomic mass is 32.1. The number of nitrogens with zero attached hydrogens (tertiary/aromatic N) is 1. The van der Waals surface area contributed by atoms with Crippen LogP contribution >= 0.6 is 11.3 Å². The number of carbonyl (C=O) groups excluding carboxylic acids is 3. The number of aromatic nitrogens is 1. The van der Waals surface area contributed by atoms with E-state index in [-0.39, 0.29) is 5.78 Å².